The second-order valence-electron chi connectivity index (χ2n) is 7.57. The van der Waals surface area contributed by atoms with E-state index in [1.54, 1.807) is 12.1 Å². The molecular weight excluding hydrogens is 367 g/mol. The highest BCUT2D eigenvalue weighted by molar-refractivity contribution is 5.97. The van der Waals surface area contributed by atoms with E-state index in [1.165, 1.54) is 12.1 Å². The Morgan fingerprint density at radius 2 is 1.62 bits per heavy atom. The average molecular weight is 399 g/mol. The van der Waals surface area contributed by atoms with Crippen molar-refractivity contribution < 1.29 is 18.7 Å². The molecule has 0 spiro atoms. The predicted molar refractivity (Wildman–Crippen MR) is 114 cm³/mol. The Kier molecular flexibility index (Phi) is 9.04. The number of rotatable bonds is 11. The van der Waals surface area contributed by atoms with Crippen molar-refractivity contribution in [2.75, 3.05) is 6.61 Å². The number of benzene rings is 2. The Morgan fingerprint density at radius 1 is 0.966 bits per heavy atom. The highest BCUT2D eigenvalue weighted by Gasteiger charge is 2.32. The van der Waals surface area contributed by atoms with E-state index in [2.05, 4.69) is 6.92 Å². The summed E-state index contributed by atoms with van der Waals surface area (Å²) in [6.07, 6.45) is 3.38. The topological polar surface area (TPSA) is 43.4 Å². The third-order valence-corrected chi connectivity index (χ3v) is 5.18. The summed E-state index contributed by atoms with van der Waals surface area (Å²) in [6.45, 7) is 6.36. The fourth-order valence-electron chi connectivity index (χ4n) is 3.48. The first-order chi connectivity index (χ1) is 14.0. The Hall–Kier alpha value is -2.49. The molecule has 0 saturated carbocycles. The van der Waals surface area contributed by atoms with Gasteiger partial charge in [0.05, 0.1) is 12.5 Å². The Balaban J connectivity index is 2.34. The van der Waals surface area contributed by atoms with E-state index in [4.69, 9.17) is 4.74 Å². The molecule has 0 aliphatic carbocycles. The maximum absolute atomic E-state index is 13.5. The lowest BCUT2D eigenvalue weighted by Crippen LogP contribution is -2.27. The summed E-state index contributed by atoms with van der Waals surface area (Å²) >= 11 is 0. The van der Waals surface area contributed by atoms with Crippen LogP contribution in [-0.2, 0) is 9.53 Å². The van der Waals surface area contributed by atoms with Crippen molar-refractivity contribution in [1.82, 2.24) is 0 Å². The van der Waals surface area contributed by atoms with E-state index in [9.17, 15) is 14.0 Å². The third-order valence-electron chi connectivity index (χ3n) is 5.18. The van der Waals surface area contributed by atoms with Gasteiger partial charge in [0.1, 0.15) is 5.82 Å². The molecule has 29 heavy (non-hydrogen) atoms. The molecule has 0 aliphatic heterocycles. The van der Waals surface area contributed by atoms with Gasteiger partial charge in [-0.3, -0.25) is 9.59 Å². The second-order valence-corrected chi connectivity index (χ2v) is 7.57. The molecule has 0 amide bonds. The maximum atomic E-state index is 13.5. The summed E-state index contributed by atoms with van der Waals surface area (Å²) in [5, 5.41) is 0. The Bertz CT molecular complexity index is 781. The van der Waals surface area contributed by atoms with Gasteiger partial charge >= 0.3 is 5.97 Å². The van der Waals surface area contributed by atoms with Crippen LogP contribution in [0.25, 0.3) is 0 Å². The van der Waals surface area contributed by atoms with Gasteiger partial charge in [0, 0.05) is 17.9 Å². The van der Waals surface area contributed by atoms with Gasteiger partial charge < -0.3 is 4.74 Å². The van der Waals surface area contributed by atoms with Crippen LogP contribution in [-0.4, -0.2) is 18.4 Å². The van der Waals surface area contributed by atoms with Crippen molar-refractivity contribution in [2.24, 2.45) is 5.92 Å². The highest BCUT2D eigenvalue weighted by atomic mass is 19.1. The van der Waals surface area contributed by atoms with Crippen molar-refractivity contribution in [3.63, 3.8) is 0 Å². The summed E-state index contributed by atoms with van der Waals surface area (Å²) < 4.78 is 18.9. The molecule has 2 aromatic carbocycles. The van der Waals surface area contributed by atoms with Crippen molar-refractivity contribution in [2.45, 2.75) is 58.8 Å². The van der Waals surface area contributed by atoms with Crippen molar-refractivity contribution in [3.8, 4) is 0 Å². The molecule has 0 fully saturated rings. The normalized spacial score (nSPS) is 13.0. The monoisotopic (exact) mass is 398 g/mol. The minimum atomic E-state index is -0.429. The van der Waals surface area contributed by atoms with Gasteiger partial charge in [-0.1, -0.05) is 68.7 Å². The molecule has 0 saturated heterocycles. The first-order valence-corrected chi connectivity index (χ1v) is 10.5. The zero-order valence-electron chi connectivity index (χ0n) is 17.6. The third kappa shape index (κ3) is 6.81. The zero-order valence-corrected chi connectivity index (χ0v) is 17.6. The van der Waals surface area contributed by atoms with Gasteiger partial charge in [0.15, 0.2) is 5.78 Å². The summed E-state index contributed by atoms with van der Waals surface area (Å²) in [5.41, 5.74) is 2.50. The number of hydrogen-bond acceptors (Lipinski definition) is 3. The van der Waals surface area contributed by atoms with Gasteiger partial charge in [0.25, 0.3) is 0 Å². The number of carbonyl (C=O) groups excluding carboxylic acids is 2. The minimum Gasteiger partial charge on any atom is -0.465 e. The average Bonchev–Trinajstić information content (AvgIpc) is 2.72. The number of unbranched alkanes of at least 4 members (excludes halogenated alkanes) is 1. The number of ether oxygens (including phenoxy) is 1. The molecule has 3 nitrogen and oxygen atoms in total. The van der Waals surface area contributed by atoms with Crippen LogP contribution in [0.4, 0.5) is 4.39 Å². The van der Waals surface area contributed by atoms with E-state index in [0.29, 0.717) is 18.6 Å². The quantitative estimate of drug-likeness (QED) is 0.332. The molecule has 2 atom stereocenters. The molecule has 156 valence electrons. The van der Waals surface area contributed by atoms with Crippen LogP contribution in [0.1, 0.15) is 73.4 Å². The summed E-state index contributed by atoms with van der Waals surface area (Å²) in [7, 11) is 0. The molecule has 2 aromatic rings. The highest BCUT2D eigenvalue weighted by Crippen LogP contribution is 2.34. The number of halogens is 1. The van der Waals surface area contributed by atoms with Gasteiger partial charge in [-0.25, -0.2) is 4.39 Å². The first-order valence-electron chi connectivity index (χ1n) is 10.5. The van der Waals surface area contributed by atoms with Gasteiger partial charge in [-0.2, -0.15) is 0 Å². The van der Waals surface area contributed by atoms with Crippen LogP contribution in [0.5, 0.6) is 0 Å². The predicted octanol–water partition coefficient (Wildman–Crippen LogP) is 6.25. The molecule has 0 aliphatic rings. The van der Waals surface area contributed by atoms with Crippen LogP contribution >= 0.6 is 0 Å². The molecule has 0 radical (unpaired) electrons. The van der Waals surface area contributed by atoms with Gasteiger partial charge in [-0.05, 0) is 37.5 Å². The van der Waals surface area contributed by atoms with E-state index >= 15 is 0 Å². The fraction of sp³-hybridized carbons (Fsp3) is 0.440. The largest absolute Gasteiger partial charge is 0.465 e. The number of ketones is 1. The molecule has 4 heteroatoms. The van der Waals surface area contributed by atoms with Crippen molar-refractivity contribution >= 4 is 11.8 Å². The molecule has 0 aromatic heterocycles. The number of aryl methyl sites for hydroxylation is 1. The van der Waals surface area contributed by atoms with Gasteiger partial charge in [-0.15, -0.1) is 0 Å². The lowest BCUT2D eigenvalue weighted by atomic mass is 9.79. The Morgan fingerprint density at radius 3 is 2.21 bits per heavy atom. The first kappa shape index (κ1) is 22.8. The Labute approximate surface area is 173 Å². The van der Waals surface area contributed by atoms with E-state index in [-0.39, 0.29) is 29.9 Å². The summed E-state index contributed by atoms with van der Waals surface area (Å²) in [5.74, 6) is -1.41. The summed E-state index contributed by atoms with van der Waals surface area (Å²) in [6, 6.07) is 13.6. The molecule has 0 N–H and O–H groups in total. The van der Waals surface area contributed by atoms with Crippen LogP contribution in [0.3, 0.4) is 0 Å². The smallest absolute Gasteiger partial charge is 0.309 e. The zero-order chi connectivity index (χ0) is 21.2. The minimum absolute atomic E-state index is 0.0240. The van der Waals surface area contributed by atoms with E-state index in [1.807, 2.05) is 38.1 Å². The number of carbonyl (C=O) groups is 2. The molecule has 1 unspecified atom stereocenters. The number of Topliss-reactive ketones (excluding diaryl/α,β-unsaturated/α-hetero) is 1. The van der Waals surface area contributed by atoms with E-state index in [0.717, 1.165) is 30.4 Å². The van der Waals surface area contributed by atoms with Gasteiger partial charge in [0.2, 0.25) is 0 Å². The SMILES string of the molecule is CCCCC(C(=O)OCCC)[C@H](CC(=O)c1ccc(C)cc1)c1ccc(F)cc1. The fourth-order valence-corrected chi connectivity index (χ4v) is 3.48. The standard InChI is InChI=1S/C25H31FO3/c1-4-6-7-22(25(28)29-16-5-2)23(19-12-14-21(26)15-13-19)17-24(27)20-10-8-18(3)9-11-20/h8-15,22-23H,4-7,16-17H2,1-3H3/t22?,23-/m1/s1. The van der Waals surface area contributed by atoms with Crippen LogP contribution < -0.4 is 0 Å². The summed E-state index contributed by atoms with van der Waals surface area (Å²) in [4.78, 5) is 25.8. The van der Waals surface area contributed by atoms with Crippen molar-refractivity contribution in [1.29, 1.82) is 0 Å². The lowest BCUT2D eigenvalue weighted by molar-refractivity contribution is -0.149. The maximum Gasteiger partial charge on any atom is 0.309 e. The second kappa shape index (κ2) is 11.5. The van der Waals surface area contributed by atoms with Crippen LogP contribution in [0.15, 0.2) is 48.5 Å². The lowest BCUT2D eigenvalue weighted by Gasteiger charge is -2.26. The molecule has 2 rings (SSSR count). The van der Waals surface area contributed by atoms with Crippen LogP contribution in [0, 0.1) is 18.7 Å². The number of hydrogen-bond donors (Lipinski definition) is 0. The van der Waals surface area contributed by atoms with E-state index < -0.39 is 5.92 Å². The van der Waals surface area contributed by atoms with Crippen molar-refractivity contribution in [3.05, 3.63) is 71.0 Å². The number of esters is 1. The molecular formula is C25H31FO3. The molecule has 0 bridgehead atoms. The van der Waals surface area contributed by atoms with Crippen LogP contribution in [0.2, 0.25) is 0 Å². The molecule has 0 heterocycles.